The zero-order valence-electron chi connectivity index (χ0n) is 19.0. The van der Waals surface area contributed by atoms with Crippen LogP contribution in [0.1, 0.15) is 24.7 Å². The fourth-order valence-corrected chi connectivity index (χ4v) is 5.73. The molecular weight excluding hydrogens is 436 g/mol. The number of rotatable bonds is 6. The molecule has 1 aliphatic rings. The number of sulfonamides is 1. The van der Waals surface area contributed by atoms with E-state index in [9.17, 15) is 8.42 Å². The van der Waals surface area contributed by atoms with Crippen LogP contribution in [0.4, 0.5) is 5.69 Å². The summed E-state index contributed by atoms with van der Waals surface area (Å²) in [4.78, 5) is 12.7. The zero-order chi connectivity index (χ0) is 23.2. The molecule has 33 heavy (non-hydrogen) atoms. The highest BCUT2D eigenvalue weighted by molar-refractivity contribution is 7.89. The zero-order valence-corrected chi connectivity index (χ0v) is 19.8. The Kier molecular flexibility index (Phi) is 5.46. The minimum atomic E-state index is -3.17. The molecule has 9 heteroatoms. The molecule has 1 aliphatic heterocycles. The molecule has 2 N–H and O–H groups in total. The fraction of sp³-hybridized carbons (Fsp3) is 0.333. The van der Waals surface area contributed by atoms with Crippen LogP contribution in [-0.2, 0) is 10.0 Å². The molecule has 1 atom stereocenters. The van der Waals surface area contributed by atoms with Crippen molar-refractivity contribution in [3.8, 4) is 17.1 Å². The molecule has 3 aromatic heterocycles. The van der Waals surface area contributed by atoms with E-state index < -0.39 is 10.0 Å². The van der Waals surface area contributed by atoms with Gasteiger partial charge in [-0.1, -0.05) is 12.1 Å². The summed E-state index contributed by atoms with van der Waals surface area (Å²) >= 11 is 0. The predicted molar refractivity (Wildman–Crippen MR) is 130 cm³/mol. The Hall–Kier alpha value is -3.17. The van der Waals surface area contributed by atoms with E-state index in [1.54, 1.807) is 17.4 Å². The molecule has 0 unspecified atom stereocenters. The van der Waals surface area contributed by atoms with Gasteiger partial charge in [-0.25, -0.2) is 18.4 Å². The average Bonchev–Trinajstić information content (AvgIpc) is 3.52. The van der Waals surface area contributed by atoms with Crippen LogP contribution in [-0.4, -0.2) is 57.1 Å². The van der Waals surface area contributed by atoms with E-state index in [4.69, 9.17) is 4.98 Å². The van der Waals surface area contributed by atoms with Gasteiger partial charge in [0.05, 0.1) is 11.4 Å². The molecule has 1 saturated heterocycles. The molecule has 0 spiro atoms. The number of nitrogens with one attached hydrogen (secondary N) is 2. The topological polar surface area (TPSA) is 95.9 Å². The Bertz CT molecular complexity index is 1410. The van der Waals surface area contributed by atoms with Gasteiger partial charge in [0.2, 0.25) is 10.0 Å². The van der Waals surface area contributed by atoms with Gasteiger partial charge in [-0.15, -0.1) is 0 Å². The van der Waals surface area contributed by atoms with Crippen molar-refractivity contribution in [1.29, 1.82) is 0 Å². The Morgan fingerprint density at radius 1 is 1.30 bits per heavy atom. The lowest BCUT2D eigenvalue weighted by Crippen LogP contribution is -2.32. The molecule has 0 aliphatic carbocycles. The van der Waals surface area contributed by atoms with Crippen LogP contribution in [0.5, 0.6) is 0 Å². The average molecular weight is 464 g/mol. The molecule has 1 radical (unpaired) electrons. The van der Waals surface area contributed by atoms with Gasteiger partial charge < -0.3 is 14.9 Å². The molecule has 8 nitrogen and oxygen atoms in total. The molecule has 4 heterocycles. The number of aryl methyl sites for hydroxylation is 1. The number of aromatic nitrogens is 4. The van der Waals surface area contributed by atoms with Gasteiger partial charge in [0.25, 0.3) is 0 Å². The Morgan fingerprint density at radius 3 is 2.91 bits per heavy atom. The van der Waals surface area contributed by atoms with E-state index in [0.717, 1.165) is 46.1 Å². The standard InChI is InChI=1S/C24H27N6O2S/c1-4-33(31,32)29-13-11-18(15-29)26-21-10-12-25-24-22(21)27-23(28-24)20-14-16(2)30(17(20)3)19-8-6-5-7-9-19/h5-6,8-10,12,14,18H,4,11,13,15H2,1-3H3,(H2,25,26,27,28)/t18-/m0/s1. The summed E-state index contributed by atoms with van der Waals surface area (Å²) < 4.78 is 28.2. The molecule has 4 aromatic rings. The number of pyridine rings is 1. The summed E-state index contributed by atoms with van der Waals surface area (Å²) in [6.45, 7) is 6.84. The van der Waals surface area contributed by atoms with E-state index in [-0.39, 0.29) is 11.8 Å². The Labute approximate surface area is 193 Å². The van der Waals surface area contributed by atoms with Crippen molar-refractivity contribution in [2.45, 2.75) is 33.2 Å². The van der Waals surface area contributed by atoms with E-state index >= 15 is 0 Å². The SMILES string of the molecule is CCS(=O)(=O)N1CC[C@H](Nc2ccnc3[nH]c(-c4cc(C)n(-c5c[c]ccc5)c4C)nc23)C1. The fourth-order valence-electron chi connectivity index (χ4n) is 4.58. The van der Waals surface area contributed by atoms with Gasteiger partial charge in [-0.2, -0.15) is 4.31 Å². The highest BCUT2D eigenvalue weighted by atomic mass is 32.2. The first-order valence-electron chi connectivity index (χ1n) is 11.1. The summed E-state index contributed by atoms with van der Waals surface area (Å²) in [7, 11) is -3.17. The van der Waals surface area contributed by atoms with Crippen molar-refractivity contribution in [2.24, 2.45) is 0 Å². The largest absolute Gasteiger partial charge is 0.379 e. The van der Waals surface area contributed by atoms with Crippen LogP contribution in [0, 0.1) is 19.9 Å². The van der Waals surface area contributed by atoms with Crippen LogP contribution in [0.3, 0.4) is 0 Å². The quantitative estimate of drug-likeness (QED) is 0.455. The minimum Gasteiger partial charge on any atom is -0.379 e. The van der Waals surface area contributed by atoms with Gasteiger partial charge in [0, 0.05) is 48.0 Å². The predicted octanol–water partition coefficient (Wildman–Crippen LogP) is 3.67. The molecule has 1 fully saturated rings. The number of hydrogen-bond acceptors (Lipinski definition) is 5. The molecule has 171 valence electrons. The van der Waals surface area contributed by atoms with Crippen LogP contribution in [0.15, 0.2) is 42.6 Å². The van der Waals surface area contributed by atoms with Crippen molar-refractivity contribution >= 4 is 26.9 Å². The molecule has 5 rings (SSSR count). The lowest BCUT2D eigenvalue weighted by Gasteiger charge is -2.16. The second kappa shape index (κ2) is 8.31. The van der Waals surface area contributed by atoms with Crippen molar-refractivity contribution in [2.75, 3.05) is 24.2 Å². The summed E-state index contributed by atoms with van der Waals surface area (Å²) in [6.07, 6.45) is 2.50. The van der Waals surface area contributed by atoms with Gasteiger partial charge in [0.15, 0.2) is 5.65 Å². The number of aromatic amines is 1. The smallest absolute Gasteiger partial charge is 0.213 e. The minimum absolute atomic E-state index is 0.0384. The summed E-state index contributed by atoms with van der Waals surface area (Å²) in [5, 5.41) is 3.49. The Balaban J connectivity index is 1.46. The van der Waals surface area contributed by atoms with Crippen LogP contribution < -0.4 is 5.32 Å². The van der Waals surface area contributed by atoms with E-state index in [0.29, 0.717) is 18.7 Å². The van der Waals surface area contributed by atoms with E-state index in [1.165, 1.54) is 0 Å². The molecule has 0 bridgehead atoms. The van der Waals surface area contributed by atoms with E-state index in [2.05, 4.69) is 51.9 Å². The first kappa shape index (κ1) is 21.7. The summed E-state index contributed by atoms with van der Waals surface area (Å²) in [5.74, 6) is 0.883. The third-order valence-electron chi connectivity index (χ3n) is 6.29. The van der Waals surface area contributed by atoms with Crippen molar-refractivity contribution in [3.05, 3.63) is 60.0 Å². The lowest BCUT2D eigenvalue weighted by atomic mass is 10.2. The van der Waals surface area contributed by atoms with Gasteiger partial charge in [-0.3, -0.25) is 0 Å². The number of fused-ring (bicyclic) bond motifs is 1. The van der Waals surface area contributed by atoms with Crippen LogP contribution in [0.2, 0.25) is 0 Å². The van der Waals surface area contributed by atoms with Crippen LogP contribution in [0.25, 0.3) is 28.2 Å². The van der Waals surface area contributed by atoms with Crippen molar-refractivity contribution in [3.63, 3.8) is 0 Å². The maximum absolute atomic E-state index is 12.2. The molecule has 0 saturated carbocycles. The number of anilines is 1. The lowest BCUT2D eigenvalue weighted by molar-refractivity contribution is 0.476. The first-order valence-corrected chi connectivity index (χ1v) is 12.7. The summed E-state index contributed by atoms with van der Waals surface area (Å²) in [6, 6.07) is 15.1. The Morgan fingerprint density at radius 2 is 2.15 bits per heavy atom. The number of benzene rings is 1. The van der Waals surface area contributed by atoms with Gasteiger partial charge in [0.1, 0.15) is 11.3 Å². The first-order chi connectivity index (χ1) is 15.9. The van der Waals surface area contributed by atoms with Crippen molar-refractivity contribution < 1.29 is 8.42 Å². The highest BCUT2D eigenvalue weighted by Crippen LogP contribution is 2.31. The van der Waals surface area contributed by atoms with Gasteiger partial charge >= 0.3 is 0 Å². The molecule has 1 aromatic carbocycles. The normalized spacial score (nSPS) is 17.1. The molecular formula is C24H27N6O2S. The van der Waals surface area contributed by atoms with Crippen molar-refractivity contribution in [1.82, 2.24) is 23.8 Å². The third kappa shape index (κ3) is 3.91. The maximum Gasteiger partial charge on any atom is 0.213 e. The third-order valence-corrected chi connectivity index (χ3v) is 8.14. The highest BCUT2D eigenvalue weighted by Gasteiger charge is 2.30. The summed E-state index contributed by atoms with van der Waals surface area (Å²) in [5.41, 5.74) is 6.57. The van der Waals surface area contributed by atoms with Crippen LogP contribution >= 0.6 is 0 Å². The van der Waals surface area contributed by atoms with E-state index in [1.807, 2.05) is 24.3 Å². The second-order valence-corrected chi connectivity index (χ2v) is 10.7. The number of nitrogens with zero attached hydrogens (tertiary/aromatic N) is 4. The molecule has 0 amide bonds. The number of H-pyrrole nitrogens is 1. The second-order valence-electron chi connectivity index (χ2n) is 8.41. The number of hydrogen-bond donors (Lipinski definition) is 2. The number of imidazole rings is 1. The monoisotopic (exact) mass is 463 g/mol. The van der Waals surface area contributed by atoms with Gasteiger partial charge in [-0.05, 0) is 57.5 Å². The maximum atomic E-state index is 12.2.